The van der Waals surface area contributed by atoms with Crippen LogP contribution in [0.2, 0.25) is 0 Å². The average molecular weight is 495 g/mol. The van der Waals surface area contributed by atoms with Crippen LogP contribution in [-0.4, -0.2) is 54.9 Å². The molecule has 4 heteroatoms. The Bertz CT molecular complexity index is 1220. The Kier molecular flexibility index (Phi) is 9.43. The van der Waals surface area contributed by atoms with Crippen LogP contribution in [0.25, 0.3) is 11.1 Å². The molecule has 1 heterocycles. The lowest BCUT2D eigenvalue weighted by Crippen LogP contribution is -2.36. The number of piperidine rings is 1. The molecular formula is C33H38N2O2. The molecule has 4 rings (SSSR count). The highest BCUT2D eigenvalue weighted by molar-refractivity contribution is 5.99. The van der Waals surface area contributed by atoms with Gasteiger partial charge >= 0.3 is 0 Å². The van der Waals surface area contributed by atoms with Crippen LogP contribution in [0.15, 0.2) is 72.8 Å². The number of phenolic OH excluding ortho intramolecular Hbond substituents is 1. The number of anilines is 1. The van der Waals surface area contributed by atoms with Crippen molar-refractivity contribution < 1.29 is 10.2 Å². The molecule has 4 nitrogen and oxygen atoms in total. The first-order chi connectivity index (χ1) is 18.1. The van der Waals surface area contributed by atoms with Crippen molar-refractivity contribution in [2.75, 3.05) is 44.7 Å². The van der Waals surface area contributed by atoms with Crippen LogP contribution in [0, 0.1) is 12.3 Å². The van der Waals surface area contributed by atoms with Crippen molar-refractivity contribution in [3.63, 3.8) is 0 Å². The van der Waals surface area contributed by atoms with Gasteiger partial charge in [0.2, 0.25) is 0 Å². The molecule has 192 valence electrons. The van der Waals surface area contributed by atoms with E-state index < -0.39 is 0 Å². The number of hydrogen-bond donors (Lipinski definition) is 2. The molecule has 2 N–H and O–H groups in total. The zero-order valence-electron chi connectivity index (χ0n) is 21.9. The molecule has 0 amide bonds. The third kappa shape index (κ3) is 6.83. The molecule has 0 unspecified atom stereocenters. The minimum atomic E-state index is 0.121. The van der Waals surface area contributed by atoms with Crippen LogP contribution in [0.4, 0.5) is 5.69 Å². The second-order valence-corrected chi connectivity index (χ2v) is 9.79. The van der Waals surface area contributed by atoms with E-state index in [2.05, 4.69) is 53.1 Å². The minimum absolute atomic E-state index is 0.121. The highest BCUT2D eigenvalue weighted by Gasteiger charge is 2.17. The van der Waals surface area contributed by atoms with E-state index in [0.717, 1.165) is 58.6 Å². The molecule has 1 saturated heterocycles. The lowest BCUT2D eigenvalue weighted by atomic mass is 9.86. The number of aliphatic hydroxyl groups is 1. The van der Waals surface area contributed by atoms with Gasteiger partial charge < -0.3 is 20.0 Å². The molecule has 0 bridgehead atoms. The first-order valence-electron chi connectivity index (χ1n) is 13.3. The highest BCUT2D eigenvalue weighted by Crippen LogP contribution is 2.37. The summed E-state index contributed by atoms with van der Waals surface area (Å²) in [4.78, 5) is 4.81. The third-order valence-corrected chi connectivity index (χ3v) is 7.22. The van der Waals surface area contributed by atoms with Gasteiger partial charge in [0, 0.05) is 32.3 Å². The Morgan fingerprint density at radius 3 is 2.30 bits per heavy atom. The van der Waals surface area contributed by atoms with Gasteiger partial charge in [0.15, 0.2) is 0 Å². The number of likely N-dealkylation sites (tertiary alicyclic amines) is 1. The van der Waals surface area contributed by atoms with E-state index in [1.54, 1.807) is 12.1 Å². The Hall–Kier alpha value is -3.52. The van der Waals surface area contributed by atoms with E-state index in [1.165, 1.54) is 32.4 Å². The number of aliphatic hydroxyl groups excluding tert-OH is 1. The van der Waals surface area contributed by atoms with Crippen LogP contribution >= 0.6 is 0 Å². The van der Waals surface area contributed by atoms with Gasteiger partial charge in [0.1, 0.15) is 5.75 Å². The summed E-state index contributed by atoms with van der Waals surface area (Å²) in [6.07, 6.45) is 11.4. The van der Waals surface area contributed by atoms with Gasteiger partial charge in [-0.05, 0) is 90.9 Å². The number of allylic oxidation sites excluding steroid dienone is 1. The van der Waals surface area contributed by atoms with Gasteiger partial charge in [-0.15, -0.1) is 6.42 Å². The first-order valence-corrected chi connectivity index (χ1v) is 13.3. The van der Waals surface area contributed by atoms with Gasteiger partial charge in [-0.2, -0.15) is 0 Å². The molecule has 37 heavy (non-hydrogen) atoms. The highest BCUT2D eigenvalue weighted by atomic mass is 16.3. The Labute approximate surface area is 221 Å². The largest absolute Gasteiger partial charge is 0.508 e. The van der Waals surface area contributed by atoms with Crippen molar-refractivity contribution in [2.45, 2.75) is 32.1 Å². The maximum Gasteiger partial charge on any atom is 0.115 e. The second kappa shape index (κ2) is 13.1. The monoisotopic (exact) mass is 494 g/mol. The van der Waals surface area contributed by atoms with Crippen molar-refractivity contribution in [1.82, 2.24) is 4.90 Å². The number of likely N-dealkylation sites (N-methyl/N-ethyl adjacent to an activating group) is 1. The predicted molar refractivity (Wildman–Crippen MR) is 155 cm³/mol. The molecule has 0 aromatic heterocycles. The van der Waals surface area contributed by atoms with Crippen molar-refractivity contribution in [1.29, 1.82) is 0 Å². The van der Waals surface area contributed by atoms with Gasteiger partial charge in [-0.3, -0.25) is 0 Å². The fraction of sp³-hybridized carbons (Fsp3) is 0.333. The van der Waals surface area contributed by atoms with Gasteiger partial charge in [0.25, 0.3) is 0 Å². The van der Waals surface area contributed by atoms with E-state index in [9.17, 15) is 10.2 Å². The molecule has 0 spiro atoms. The number of hydrogen-bond acceptors (Lipinski definition) is 4. The van der Waals surface area contributed by atoms with Crippen LogP contribution in [0.3, 0.4) is 0 Å². The van der Waals surface area contributed by atoms with Crippen LogP contribution in [-0.2, 0) is 0 Å². The Morgan fingerprint density at radius 2 is 1.62 bits per heavy atom. The van der Waals surface area contributed by atoms with Crippen molar-refractivity contribution >= 4 is 16.8 Å². The van der Waals surface area contributed by atoms with E-state index in [4.69, 9.17) is 6.42 Å². The van der Waals surface area contributed by atoms with Crippen molar-refractivity contribution in [3.05, 3.63) is 95.1 Å². The standard InChI is InChI=1S/C33H38N2O2/c1-3-26-25-29(16-19-32(26)34(2)22-23-35-20-8-5-9-21-35)33(28-14-17-30(37)18-15-28)31(13-10-24-36)27-11-6-4-7-12-27/h1,4,6-7,11-12,14-19,25,36-37H,5,8-10,13,20-24H2,2H3/b33-31-. The average Bonchev–Trinajstić information content (AvgIpc) is 2.95. The summed E-state index contributed by atoms with van der Waals surface area (Å²) in [5, 5.41) is 19.6. The fourth-order valence-corrected chi connectivity index (χ4v) is 5.19. The SMILES string of the molecule is C#Cc1cc(/C(=C(/CCCO)c2ccccc2)c2ccc(O)cc2)ccc1N(C)CCN1CCCCC1. The maximum atomic E-state index is 9.95. The topological polar surface area (TPSA) is 46.9 Å². The first kappa shape index (κ1) is 26.5. The third-order valence-electron chi connectivity index (χ3n) is 7.22. The zero-order valence-corrected chi connectivity index (χ0v) is 21.9. The summed E-state index contributed by atoms with van der Waals surface area (Å²) < 4.78 is 0. The summed E-state index contributed by atoms with van der Waals surface area (Å²) in [6.45, 7) is 4.47. The maximum absolute atomic E-state index is 9.95. The molecular weight excluding hydrogens is 456 g/mol. The van der Waals surface area contributed by atoms with Gasteiger partial charge in [-0.1, -0.05) is 60.9 Å². The van der Waals surface area contributed by atoms with Crippen LogP contribution in [0.5, 0.6) is 5.75 Å². The van der Waals surface area contributed by atoms with Gasteiger partial charge in [0.05, 0.1) is 5.69 Å². The van der Waals surface area contributed by atoms with Crippen molar-refractivity contribution in [3.8, 4) is 18.1 Å². The summed E-state index contributed by atoms with van der Waals surface area (Å²) in [5.41, 5.74) is 7.29. The number of benzene rings is 3. The molecule has 1 aliphatic rings. The van der Waals surface area contributed by atoms with E-state index in [1.807, 2.05) is 30.3 Å². The summed E-state index contributed by atoms with van der Waals surface area (Å²) in [7, 11) is 2.12. The lowest BCUT2D eigenvalue weighted by Gasteiger charge is -2.30. The molecule has 1 aliphatic heterocycles. The smallest absolute Gasteiger partial charge is 0.115 e. The molecule has 1 fully saturated rings. The van der Waals surface area contributed by atoms with E-state index in [0.29, 0.717) is 6.42 Å². The molecule has 3 aromatic rings. The fourth-order valence-electron chi connectivity index (χ4n) is 5.19. The van der Waals surface area contributed by atoms with Crippen LogP contribution in [0.1, 0.15) is 54.4 Å². The Morgan fingerprint density at radius 1 is 0.919 bits per heavy atom. The summed E-state index contributed by atoms with van der Waals surface area (Å²) in [5.74, 6) is 3.17. The number of nitrogens with zero attached hydrogens (tertiary/aromatic N) is 2. The molecule has 3 aromatic carbocycles. The Balaban J connectivity index is 1.75. The normalized spacial score (nSPS) is 14.6. The van der Waals surface area contributed by atoms with Crippen LogP contribution < -0.4 is 4.90 Å². The summed E-state index contributed by atoms with van der Waals surface area (Å²) >= 11 is 0. The van der Waals surface area contributed by atoms with Crippen molar-refractivity contribution in [2.24, 2.45) is 0 Å². The lowest BCUT2D eigenvalue weighted by molar-refractivity contribution is 0.234. The van der Waals surface area contributed by atoms with Gasteiger partial charge in [-0.25, -0.2) is 0 Å². The minimum Gasteiger partial charge on any atom is -0.508 e. The summed E-state index contributed by atoms with van der Waals surface area (Å²) in [6, 6.07) is 24.0. The van der Waals surface area contributed by atoms with E-state index in [-0.39, 0.29) is 12.4 Å². The number of aromatic hydroxyl groups is 1. The quantitative estimate of drug-likeness (QED) is 0.267. The molecule has 0 saturated carbocycles. The molecule has 0 aliphatic carbocycles. The predicted octanol–water partition coefficient (Wildman–Crippen LogP) is 6.03. The zero-order chi connectivity index (χ0) is 26.0. The van der Waals surface area contributed by atoms with E-state index >= 15 is 0 Å². The number of rotatable bonds is 10. The number of phenols is 1. The second-order valence-electron chi connectivity index (χ2n) is 9.79. The molecule has 0 atom stereocenters. The number of terminal acetylenes is 1. The molecule has 0 radical (unpaired) electrons.